The Morgan fingerprint density at radius 3 is 2.08 bits per heavy atom. The molecule has 6 nitrogen and oxygen atoms in total. The van der Waals surface area contributed by atoms with Crippen molar-refractivity contribution in [2.75, 3.05) is 0 Å². The van der Waals surface area contributed by atoms with Gasteiger partial charge in [0.25, 0.3) is 0 Å². The van der Waals surface area contributed by atoms with Crippen LogP contribution in [0.4, 0.5) is 0 Å². The summed E-state index contributed by atoms with van der Waals surface area (Å²) in [7, 11) is 0. The molecule has 138 valence electrons. The normalized spacial score (nSPS) is 13.4. The molecule has 0 saturated heterocycles. The van der Waals surface area contributed by atoms with E-state index in [1.165, 1.54) is 0 Å². The minimum atomic E-state index is -1.09. The molecular formula is C19H28N2O4. The summed E-state index contributed by atoms with van der Waals surface area (Å²) in [4.78, 5) is 36.0. The molecule has 0 radical (unpaired) electrons. The van der Waals surface area contributed by atoms with Crippen LogP contribution in [0.15, 0.2) is 30.3 Å². The molecule has 0 bridgehead atoms. The molecule has 0 heterocycles. The second-order valence-corrected chi connectivity index (χ2v) is 6.98. The molecular weight excluding hydrogens is 320 g/mol. The Morgan fingerprint density at radius 1 is 1.00 bits per heavy atom. The highest BCUT2D eigenvalue weighted by Gasteiger charge is 2.28. The van der Waals surface area contributed by atoms with E-state index in [0.717, 1.165) is 5.56 Å². The minimum Gasteiger partial charge on any atom is -0.480 e. The smallest absolute Gasteiger partial charge is 0.326 e. The molecule has 2 atom stereocenters. The van der Waals surface area contributed by atoms with E-state index in [0.29, 0.717) is 12.8 Å². The highest BCUT2D eigenvalue weighted by atomic mass is 16.4. The summed E-state index contributed by atoms with van der Waals surface area (Å²) in [6, 6.07) is 7.51. The fourth-order valence-corrected chi connectivity index (χ4v) is 2.45. The van der Waals surface area contributed by atoms with Gasteiger partial charge in [-0.15, -0.1) is 0 Å². The SMILES string of the molecule is CC(C)CC(=O)N[C@@H](Cc1ccccc1)C(=O)N[C@H](C(=O)O)C(C)C. The maximum absolute atomic E-state index is 12.6. The maximum atomic E-state index is 12.6. The third-order valence-corrected chi connectivity index (χ3v) is 3.76. The van der Waals surface area contributed by atoms with Crippen LogP contribution in [0.25, 0.3) is 0 Å². The van der Waals surface area contributed by atoms with Gasteiger partial charge < -0.3 is 15.7 Å². The Hall–Kier alpha value is -2.37. The first-order valence-electron chi connectivity index (χ1n) is 8.57. The van der Waals surface area contributed by atoms with E-state index in [1.807, 2.05) is 44.2 Å². The van der Waals surface area contributed by atoms with Gasteiger partial charge in [-0.2, -0.15) is 0 Å². The zero-order chi connectivity index (χ0) is 19.0. The first kappa shape index (κ1) is 20.7. The van der Waals surface area contributed by atoms with Gasteiger partial charge in [0.1, 0.15) is 12.1 Å². The van der Waals surface area contributed by atoms with Crippen LogP contribution in [-0.4, -0.2) is 35.0 Å². The number of hydrogen-bond donors (Lipinski definition) is 3. The first-order valence-corrected chi connectivity index (χ1v) is 8.57. The van der Waals surface area contributed by atoms with Crippen molar-refractivity contribution >= 4 is 17.8 Å². The van der Waals surface area contributed by atoms with E-state index >= 15 is 0 Å². The molecule has 0 aliphatic heterocycles. The average Bonchev–Trinajstić information content (AvgIpc) is 2.51. The van der Waals surface area contributed by atoms with E-state index in [4.69, 9.17) is 0 Å². The molecule has 0 aliphatic carbocycles. The largest absolute Gasteiger partial charge is 0.480 e. The second kappa shape index (κ2) is 9.81. The Balaban J connectivity index is 2.89. The van der Waals surface area contributed by atoms with E-state index in [1.54, 1.807) is 13.8 Å². The van der Waals surface area contributed by atoms with Crippen LogP contribution < -0.4 is 10.6 Å². The first-order chi connectivity index (χ1) is 11.7. The summed E-state index contributed by atoms with van der Waals surface area (Å²) in [6.07, 6.45) is 0.617. The quantitative estimate of drug-likeness (QED) is 0.636. The molecule has 25 heavy (non-hydrogen) atoms. The predicted octanol–water partition coefficient (Wildman–Crippen LogP) is 1.99. The molecule has 0 unspecified atom stereocenters. The van der Waals surface area contributed by atoms with Crippen LogP contribution in [0.1, 0.15) is 39.7 Å². The molecule has 0 aromatic heterocycles. The number of hydrogen-bond acceptors (Lipinski definition) is 3. The van der Waals surface area contributed by atoms with Gasteiger partial charge >= 0.3 is 5.97 Å². The fourth-order valence-electron chi connectivity index (χ4n) is 2.45. The van der Waals surface area contributed by atoms with Crippen LogP contribution in [0.2, 0.25) is 0 Å². The monoisotopic (exact) mass is 348 g/mol. The minimum absolute atomic E-state index is 0.169. The molecule has 0 fully saturated rings. The van der Waals surface area contributed by atoms with Gasteiger partial charge in [0.2, 0.25) is 11.8 Å². The molecule has 3 N–H and O–H groups in total. The Kier molecular flexibility index (Phi) is 8.11. The summed E-state index contributed by atoms with van der Waals surface area (Å²) in [6.45, 7) is 7.29. The highest BCUT2D eigenvalue weighted by Crippen LogP contribution is 2.08. The van der Waals surface area contributed by atoms with Crippen molar-refractivity contribution in [2.45, 2.75) is 52.6 Å². The summed E-state index contributed by atoms with van der Waals surface area (Å²) < 4.78 is 0. The number of carboxylic acid groups (broad SMARTS) is 1. The molecule has 0 saturated carbocycles. The number of carbonyl (C=O) groups excluding carboxylic acids is 2. The Morgan fingerprint density at radius 2 is 1.60 bits per heavy atom. The van der Waals surface area contributed by atoms with Crippen molar-refractivity contribution in [3.05, 3.63) is 35.9 Å². The molecule has 1 rings (SSSR count). The van der Waals surface area contributed by atoms with Crippen LogP contribution in [-0.2, 0) is 20.8 Å². The zero-order valence-electron chi connectivity index (χ0n) is 15.3. The lowest BCUT2D eigenvalue weighted by Gasteiger charge is -2.23. The van der Waals surface area contributed by atoms with Crippen LogP contribution in [0.5, 0.6) is 0 Å². The average molecular weight is 348 g/mol. The van der Waals surface area contributed by atoms with E-state index in [2.05, 4.69) is 10.6 Å². The number of benzene rings is 1. The van der Waals surface area contributed by atoms with Crippen LogP contribution in [0.3, 0.4) is 0 Å². The Labute approximate surface area is 149 Å². The van der Waals surface area contributed by atoms with E-state index in [9.17, 15) is 19.5 Å². The van der Waals surface area contributed by atoms with E-state index < -0.39 is 24.0 Å². The van der Waals surface area contributed by atoms with Gasteiger partial charge in [-0.1, -0.05) is 58.0 Å². The lowest BCUT2D eigenvalue weighted by molar-refractivity contribution is -0.143. The second-order valence-electron chi connectivity index (χ2n) is 6.98. The van der Waals surface area contributed by atoms with Gasteiger partial charge in [0.05, 0.1) is 0 Å². The fraction of sp³-hybridized carbons (Fsp3) is 0.526. The van der Waals surface area contributed by atoms with Gasteiger partial charge in [-0.05, 0) is 17.4 Å². The van der Waals surface area contributed by atoms with Crippen molar-refractivity contribution in [3.63, 3.8) is 0 Å². The topological polar surface area (TPSA) is 95.5 Å². The number of rotatable bonds is 9. The molecule has 1 aromatic rings. The maximum Gasteiger partial charge on any atom is 0.326 e. The molecule has 1 aromatic carbocycles. The van der Waals surface area contributed by atoms with Crippen molar-refractivity contribution in [1.82, 2.24) is 10.6 Å². The van der Waals surface area contributed by atoms with E-state index in [-0.39, 0.29) is 17.7 Å². The van der Waals surface area contributed by atoms with Gasteiger partial charge in [0, 0.05) is 12.8 Å². The Bertz CT molecular complexity index is 584. The predicted molar refractivity (Wildman–Crippen MR) is 95.9 cm³/mol. The lowest BCUT2D eigenvalue weighted by atomic mass is 10.0. The van der Waals surface area contributed by atoms with Crippen molar-refractivity contribution in [2.24, 2.45) is 11.8 Å². The summed E-state index contributed by atoms with van der Waals surface area (Å²) in [5, 5.41) is 14.5. The zero-order valence-corrected chi connectivity index (χ0v) is 15.3. The number of carboxylic acids is 1. The van der Waals surface area contributed by atoms with Crippen molar-refractivity contribution in [1.29, 1.82) is 0 Å². The van der Waals surface area contributed by atoms with Crippen molar-refractivity contribution in [3.8, 4) is 0 Å². The number of aliphatic carboxylic acids is 1. The molecule has 2 amide bonds. The third kappa shape index (κ3) is 7.37. The standard InChI is InChI=1S/C19H28N2O4/c1-12(2)10-16(22)20-15(11-14-8-6-5-7-9-14)18(23)21-17(13(3)4)19(24)25/h5-9,12-13,15,17H,10-11H2,1-4H3,(H,20,22)(H,21,23)(H,24,25)/t15-,17-/m0/s1. The number of carbonyl (C=O) groups is 3. The summed E-state index contributed by atoms with van der Waals surface area (Å²) in [5.74, 6) is -1.88. The van der Waals surface area contributed by atoms with Crippen molar-refractivity contribution < 1.29 is 19.5 Å². The molecule has 0 spiro atoms. The highest BCUT2D eigenvalue weighted by molar-refractivity contribution is 5.90. The lowest BCUT2D eigenvalue weighted by Crippen LogP contribution is -2.54. The molecule has 6 heteroatoms. The summed E-state index contributed by atoms with van der Waals surface area (Å²) in [5.41, 5.74) is 0.893. The van der Waals surface area contributed by atoms with Gasteiger partial charge in [-0.3, -0.25) is 9.59 Å². The van der Waals surface area contributed by atoms with Crippen LogP contribution in [0, 0.1) is 11.8 Å². The van der Waals surface area contributed by atoms with Gasteiger partial charge in [0.15, 0.2) is 0 Å². The van der Waals surface area contributed by atoms with Crippen LogP contribution >= 0.6 is 0 Å². The third-order valence-electron chi connectivity index (χ3n) is 3.76. The number of amides is 2. The van der Waals surface area contributed by atoms with Gasteiger partial charge in [-0.25, -0.2) is 4.79 Å². The number of nitrogens with one attached hydrogen (secondary N) is 2. The molecule has 0 aliphatic rings. The summed E-state index contributed by atoms with van der Waals surface area (Å²) >= 11 is 0.